The van der Waals surface area contributed by atoms with Gasteiger partial charge in [-0.2, -0.15) is 0 Å². The van der Waals surface area contributed by atoms with Gasteiger partial charge in [-0.1, -0.05) is 19.1 Å². The van der Waals surface area contributed by atoms with Crippen LogP contribution in [0.4, 0.5) is 0 Å². The van der Waals surface area contributed by atoms with Crippen molar-refractivity contribution >= 4 is 5.78 Å². The number of rotatable bonds is 7. The Morgan fingerprint density at radius 3 is 2.55 bits per heavy atom. The summed E-state index contributed by atoms with van der Waals surface area (Å²) in [4.78, 5) is 15.1. The third kappa shape index (κ3) is 3.69. The summed E-state index contributed by atoms with van der Waals surface area (Å²) < 4.78 is 0. The molecule has 20 heavy (non-hydrogen) atoms. The summed E-state index contributed by atoms with van der Waals surface area (Å²) >= 11 is 0. The molecule has 0 aliphatic heterocycles. The Morgan fingerprint density at radius 1 is 1.30 bits per heavy atom. The van der Waals surface area contributed by atoms with Gasteiger partial charge in [0.2, 0.25) is 0 Å². The molecule has 0 spiro atoms. The number of aryl methyl sites for hydroxylation is 2. The lowest BCUT2D eigenvalue weighted by Crippen LogP contribution is -2.40. The summed E-state index contributed by atoms with van der Waals surface area (Å²) in [6.45, 7) is 10.5. The van der Waals surface area contributed by atoms with Crippen LogP contribution in [0.25, 0.3) is 0 Å². The Kier molecular flexibility index (Phi) is 4.98. The van der Waals surface area contributed by atoms with Crippen molar-refractivity contribution in [3.8, 4) is 0 Å². The third-order valence-electron chi connectivity index (χ3n) is 4.42. The van der Waals surface area contributed by atoms with E-state index in [1.165, 1.54) is 24.0 Å². The summed E-state index contributed by atoms with van der Waals surface area (Å²) in [7, 11) is 0. The van der Waals surface area contributed by atoms with E-state index < -0.39 is 0 Å². The quantitative estimate of drug-likeness (QED) is 0.700. The minimum atomic E-state index is -0.00217. The Hall–Kier alpha value is -1.15. The molecule has 1 aromatic rings. The molecule has 0 bridgehead atoms. The van der Waals surface area contributed by atoms with Crippen molar-refractivity contribution in [1.29, 1.82) is 0 Å². The van der Waals surface area contributed by atoms with Gasteiger partial charge >= 0.3 is 0 Å². The SMILES string of the molecule is CCCN(CC1CC1)C(C)C(=O)c1ccc(C)c(C)c1. The Labute approximate surface area is 123 Å². The zero-order valence-corrected chi connectivity index (χ0v) is 13.3. The molecule has 1 aromatic carbocycles. The largest absolute Gasteiger partial charge is 0.293 e. The average molecular weight is 273 g/mol. The monoisotopic (exact) mass is 273 g/mol. The van der Waals surface area contributed by atoms with Crippen LogP contribution in [0.15, 0.2) is 18.2 Å². The lowest BCUT2D eigenvalue weighted by molar-refractivity contribution is 0.0831. The maximum Gasteiger partial charge on any atom is 0.179 e. The van der Waals surface area contributed by atoms with Gasteiger partial charge in [-0.3, -0.25) is 9.69 Å². The Balaban J connectivity index is 2.09. The zero-order chi connectivity index (χ0) is 14.7. The second kappa shape index (κ2) is 6.53. The van der Waals surface area contributed by atoms with Gasteiger partial charge in [0.15, 0.2) is 5.78 Å². The summed E-state index contributed by atoms with van der Waals surface area (Å²) in [5, 5.41) is 0. The first-order chi connectivity index (χ1) is 9.52. The molecule has 1 fully saturated rings. The number of hydrogen-bond donors (Lipinski definition) is 0. The maximum atomic E-state index is 12.7. The van der Waals surface area contributed by atoms with Gasteiger partial charge in [0.1, 0.15) is 0 Å². The molecule has 1 aliphatic carbocycles. The van der Waals surface area contributed by atoms with E-state index in [0.717, 1.165) is 31.0 Å². The van der Waals surface area contributed by atoms with Gasteiger partial charge < -0.3 is 0 Å². The van der Waals surface area contributed by atoms with Crippen molar-refractivity contribution in [1.82, 2.24) is 4.90 Å². The van der Waals surface area contributed by atoms with E-state index >= 15 is 0 Å². The first-order valence-electron chi connectivity index (χ1n) is 7.88. The highest BCUT2D eigenvalue weighted by molar-refractivity contribution is 6.00. The average Bonchev–Trinajstić information content (AvgIpc) is 3.24. The molecule has 110 valence electrons. The molecule has 1 aliphatic rings. The number of carbonyl (C=O) groups excluding carboxylic acids is 1. The van der Waals surface area contributed by atoms with Crippen molar-refractivity contribution in [2.24, 2.45) is 5.92 Å². The molecule has 0 saturated heterocycles. The van der Waals surface area contributed by atoms with Gasteiger partial charge in [-0.15, -0.1) is 0 Å². The second-order valence-electron chi connectivity index (χ2n) is 6.28. The van der Waals surface area contributed by atoms with Crippen LogP contribution in [-0.4, -0.2) is 29.8 Å². The summed E-state index contributed by atoms with van der Waals surface area (Å²) in [5.41, 5.74) is 3.31. The molecule has 2 heteroatoms. The number of benzene rings is 1. The van der Waals surface area contributed by atoms with E-state index in [4.69, 9.17) is 0 Å². The van der Waals surface area contributed by atoms with Gasteiger partial charge in [0.05, 0.1) is 6.04 Å². The minimum Gasteiger partial charge on any atom is -0.293 e. The van der Waals surface area contributed by atoms with Crippen LogP contribution in [-0.2, 0) is 0 Å². The van der Waals surface area contributed by atoms with Crippen LogP contribution < -0.4 is 0 Å². The number of hydrogen-bond acceptors (Lipinski definition) is 2. The van der Waals surface area contributed by atoms with Crippen molar-refractivity contribution in [2.75, 3.05) is 13.1 Å². The zero-order valence-electron chi connectivity index (χ0n) is 13.3. The van der Waals surface area contributed by atoms with Crippen LogP contribution in [0.2, 0.25) is 0 Å². The van der Waals surface area contributed by atoms with Crippen molar-refractivity contribution in [2.45, 2.75) is 53.0 Å². The predicted octanol–water partition coefficient (Wildman–Crippen LogP) is 4.00. The van der Waals surface area contributed by atoms with Gasteiger partial charge in [0.25, 0.3) is 0 Å². The molecule has 0 amide bonds. The smallest absolute Gasteiger partial charge is 0.179 e. The van der Waals surface area contributed by atoms with Gasteiger partial charge in [-0.05, 0) is 69.7 Å². The Bertz CT molecular complexity index is 476. The van der Waals surface area contributed by atoms with Crippen LogP contribution in [0.5, 0.6) is 0 Å². The number of ketones is 1. The van der Waals surface area contributed by atoms with Crippen LogP contribution >= 0.6 is 0 Å². The van der Waals surface area contributed by atoms with Crippen molar-refractivity contribution < 1.29 is 4.79 Å². The molecule has 1 atom stereocenters. The molecule has 2 nitrogen and oxygen atoms in total. The molecule has 2 rings (SSSR count). The van der Waals surface area contributed by atoms with Crippen LogP contribution in [0.3, 0.4) is 0 Å². The molecule has 0 N–H and O–H groups in total. The molecule has 1 saturated carbocycles. The lowest BCUT2D eigenvalue weighted by atomic mass is 9.99. The topological polar surface area (TPSA) is 20.3 Å². The molecular formula is C18H27NO. The highest BCUT2D eigenvalue weighted by atomic mass is 16.1. The van der Waals surface area contributed by atoms with E-state index in [1.807, 2.05) is 12.1 Å². The van der Waals surface area contributed by atoms with Crippen molar-refractivity contribution in [3.63, 3.8) is 0 Å². The van der Waals surface area contributed by atoms with E-state index in [0.29, 0.717) is 0 Å². The standard InChI is InChI=1S/C18H27NO/c1-5-10-19(12-16-7-8-16)15(4)18(20)17-9-6-13(2)14(3)11-17/h6,9,11,15-16H,5,7-8,10,12H2,1-4H3. The molecule has 0 heterocycles. The fourth-order valence-electron chi connectivity index (χ4n) is 2.66. The molecule has 0 aromatic heterocycles. The maximum absolute atomic E-state index is 12.7. The second-order valence-corrected chi connectivity index (χ2v) is 6.28. The van der Waals surface area contributed by atoms with Crippen LogP contribution in [0, 0.1) is 19.8 Å². The summed E-state index contributed by atoms with van der Waals surface area (Å²) in [6, 6.07) is 6.07. The fraction of sp³-hybridized carbons (Fsp3) is 0.611. The van der Waals surface area contributed by atoms with Gasteiger partial charge in [0, 0.05) is 12.1 Å². The molecular weight excluding hydrogens is 246 g/mol. The first kappa shape index (κ1) is 15.2. The first-order valence-corrected chi connectivity index (χ1v) is 7.88. The van der Waals surface area contributed by atoms with E-state index in [9.17, 15) is 4.79 Å². The lowest BCUT2D eigenvalue weighted by Gasteiger charge is -2.28. The van der Waals surface area contributed by atoms with E-state index in [1.54, 1.807) is 0 Å². The highest BCUT2D eigenvalue weighted by Gasteiger charge is 2.29. The fourth-order valence-corrected chi connectivity index (χ4v) is 2.66. The molecule has 0 radical (unpaired) electrons. The van der Waals surface area contributed by atoms with Gasteiger partial charge in [-0.25, -0.2) is 0 Å². The van der Waals surface area contributed by atoms with Crippen molar-refractivity contribution in [3.05, 3.63) is 34.9 Å². The number of nitrogens with zero attached hydrogens (tertiary/aromatic N) is 1. The summed E-state index contributed by atoms with van der Waals surface area (Å²) in [5.74, 6) is 1.10. The van der Waals surface area contributed by atoms with E-state index in [2.05, 4.69) is 38.7 Å². The summed E-state index contributed by atoms with van der Waals surface area (Å²) in [6.07, 6.45) is 3.78. The normalized spacial score (nSPS) is 16.4. The minimum absolute atomic E-state index is 0.00217. The Morgan fingerprint density at radius 2 is 2.00 bits per heavy atom. The molecule has 1 unspecified atom stereocenters. The number of Topliss-reactive ketones (excluding diaryl/α,β-unsaturated/α-hetero) is 1. The predicted molar refractivity (Wildman–Crippen MR) is 84.3 cm³/mol. The van der Waals surface area contributed by atoms with Crippen LogP contribution in [0.1, 0.15) is 54.6 Å². The third-order valence-corrected chi connectivity index (χ3v) is 4.42. The van der Waals surface area contributed by atoms with E-state index in [-0.39, 0.29) is 11.8 Å². The highest BCUT2D eigenvalue weighted by Crippen LogP contribution is 2.30. The number of carbonyl (C=O) groups is 1.